The second-order valence-corrected chi connectivity index (χ2v) is 10.3. The number of hydrogen-bond donors (Lipinski definition) is 1. The van der Waals surface area contributed by atoms with E-state index in [9.17, 15) is 9.50 Å². The van der Waals surface area contributed by atoms with Gasteiger partial charge in [0.05, 0.1) is 23.5 Å². The Bertz CT molecular complexity index is 1390. The van der Waals surface area contributed by atoms with Crippen molar-refractivity contribution in [2.24, 2.45) is 5.92 Å². The molecule has 178 valence electrons. The lowest BCUT2D eigenvalue weighted by atomic mass is 9.58. The van der Waals surface area contributed by atoms with Crippen LogP contribution in [0.15, 0.2) is 78.5 Å². The van der Waals surface area contributed by atoms with Crippen molar-refractivity contribution in [3.8, 4) is 5.69 Å². The number of nitrogens with zero attached hydrogens (tertiary/aromatic N) is 2. The van der Waals surface area contributed by atoms with E-state index < -0.39 is 0 Å². The predicted molar refractivity (Wildman–Crippen MR) is 139 cm³/mol. The number of benzene rings is 3. The lowest BCUT2D eigenvalue weighted by Gasteiger charge is -2.47. The molecule has 0 spiro atoms. The Hall–Kier alpha value is -3.24. The van der Waals surface area contributed by atoms with Gasteiger partial charge in [0.15, 0.2) is 0 Å². The van der Waals surface area contributed by atoms with E-state index in [4.69, 9.17) is 0 Å². The number of halogens is 1. The third-order valence-electron chi connectivity index (χ3n) is 8.42. The van der Waals surface area contributed by atoms with Crippen LogP contribution < -0.4 is 0 Å². The molecule has 0 aliphatic heterocycles. The fraction of sp³-hybridized carbons (Fsp3) is 0.323. The summed E-state index contributed by atoms with van der Waals surface area (Å²) in [6, 6.07) is 21.5. The Kier molecular flexibility index (Phi) is 5.57. The molecule has 3 aromatic carbocycles. The average Bonchev–Trinajstić information content (AvgIpc) is 3.22. The smallest absolute Gasteiger partial charge is 0.123 e. The molecule has 1 N–H and O–H groups in total. The highest BCUT2D eigenvalue weighted by molar-refractivity contribution is 5.83. The Balaban J connectivity index is 1.47. The summed E-state index contributed by atoms with van der Waals surface area (Å²) in [5, 5.41) is 16.9. The molecule has 3 atom stereocenters. The van der Waals surface area contributed by atoms with Crippen molar-refractivity contribution in [1.29, 1.82) is 0 Å². The molecule has 3 unspecified atom stereocenters. The summed E-state index contributed by atoms with van der Waals surface area (Å²) >= 11 is 0. The number of fused-ring (bicyclic) bond motifs is 4. The van der Waals surface area contributed by atoms with Crippen molar-refractivity contribution in [3.05, 3.63) is 101 Å². The molecule has 2 aliphatic rings. The second-order valence-electron chi connectivity index (χ2n) is 10.3. The zero-order valence-electron chi connectivity index (χ0n) is 20.1. The SMILES string of the molecule is CCC12C/C(=C\c3ccccc3)C(O)CC1CCCc1cc3c(cnn3-c3ccc(F)cc3)cc12. The van der Waals surface area contributed by atoms with Crippen LogP contribution >= 0.6 is 0 Å². The van der Waals surface area contributed by atoms with Crippen LogP contribution in [0.1, 0.15) is 55.7 Å². The first-order valence-corrected chi connectivity index (χ1v) is 12.8. The summed E-state index contributed by atoms with van der Waals surface area (Å²) < 4.78 is 15.4. The summed E-state index contributed by atoms with van der Waals surface area (Å²) in [6.07, 6.45) is 9.79. The molecular formula is C31H31FN2O. The van der Waals surface area contributed by atoms with Gasteiger partial charge in [-0.3, -0.25) is 0 Å². The van der Waals surface area contributed by atoms with Crippen LogP contribution in [0, 0.1) is 11.7 Å². The number of rotatable bonds is 3. The predicted octanol–water partition coefficient (Wildman–Crippen LogP) is 7.00. The largest absolute Gasteiger partial charge is 0.389 e. The normalized spacial score (nSPS) is 25.3. The molecule has 6 rings (SSSR count). The molecular weight excluding hydrogens is 435 g/mol. The fourth-order valence-electron chi connectivity index (χ4n) is 6.61. The third-order valence-corrected chi connectivity index (χ3v) is 8.42. The van der Waals surface area contributed by atoms with Gasteiger partial charge >= 0.3 is 0 Å². The first-order chi connectivity index (χ1) is 17.1. The van der Waals surface area contributed by atoms with E-state index in [1.807, 2.05) is 16.9 Å². The van der Waals surface area contributed by atoms with Gasteiger partial charge in [0.25, 0.3) is 0 Å². The van der Waals surface area contributed by atoms with Crippen LogP contribution in [-0.4, -0.2) is 21.0 Å². The maximum atomic E-state index is 13.5. The molecule has 3 nitrogen and oxygen atoms in total. The zero-order chi connectivity index (χ0) is 24.0. The standard InChI is InChI=1S/C31H31FN2O/c1-2-31-19-23(15-21-7-4-3-5-8-21)30(35)18-25(31)10-6-9-22-17-29-24(16-28(22)31)20-33-34(29)27-13-11-26(32)12-14-27/h3-5,7-8,11-17,20,25,30,35H,2,6,9-10,18-19H2,1H3/b23-15+. The van der Waals surface area contributed by atoms with Crippen molar-refractivity contribution in [1.82, 2.24) is 9.78 Å². The van der Waals surface area contributed by atoms with E-state index in [0.29, 0.717) is 5.92 Å². The highest BCUT2D eigenvalue weighted by Crippen LogP contribution is 2.53. The Morgan fingerprint density at radius 1 is 1.11 bits per heavy atom. The molecule has 1 fully saturated rings. The van der Waals surface area contributed by atoms with Gasteiger partial charge < -0.3 is 5.11 Å². The molecule has 0 amide bonds. The monoisotopic (exact) mass is 466 g/mol. The van der Waals surface area contributed by atoms with Crippen molar-refractivity contribution >= 4 is 17.0 Å². The van der Waals surface area contributed by atoms with E-state index in [1.54, 1.807) is 12.1 Å². The molecule has 1 saturated carbocycles. The topological polar surface area (TPSA) is 38.1 Å². The van der Waals surface area contributed by atoms with Gasteiger partial charge in [-0.2, -0.15) is 5.10 Å². The van der Waals surface area contributed by atoms with Gasteiger partial charge in [-0.1, -0.05) is 43.3 Å². The van der Waals surface area contributed by atoms with E-state index in [-0.39, 0.29) is 17.3 Å². The van der Waals surface area contributed by atoms with Crippen molar-refractivity contribution in [3.63, 3.8) is 0 Å². The highest BCUT2D eigenvalue weighted by Gasteiger charge is 2.47. The third kappa shape index (κ3) is 3.81. The van der Waals surface area contributed by atoms with Crippen LogP contribution in [-0.2, 0) is 11.8 Å². The van der Waals surface area contributed by atoms with Crippen LogP contribution in [0.2, 0.25) is 0 Å². The van der Waals surface area contributed by atoms with Crippen LogP contribution in [0.25, 0.3) is 22.7 Å². The molecule has 0 saturated heterocycles. The van der Waals surface area contributed by atoms with Crippen LogP contribution in [0.3, 0.4) is 0 Å². The van der Waals surface area contributed by atoms with Crippen molar-refractivity contribution in [2.45, 2.75) is 57.0 Å². The van der Waals surface area contributed by atoms with E-state index in [0.717, 1.165) is 66.3 Å². The van der Waals surface area contributed by atoms with Gasteiger partial charge in [-0.25, -0.2) is 9.07 Å². The minimum absolute atomic E-state index is 0.0117. The summed E-state index contributed by atoms with van der Waals surface area (Å²) in [5.41, 5.74) is 7.06. The van der Waals surface area contributed by atoms with Crippen molar-refractivity contribution in [2.75, 3.05) is 0 Å². The second kappa shape index (κ2) is 8.76. The summed E-state index contributed by atoms with van der Waals surface area (Å²) in [6.45, 7) is 2.31. The van der Waals surface area contributed by atoms with Crippen LogP contribution in [0.5, 0.6) is 0 Å². The highest BCUT2D eigenvalue weighted by atomic mass is 19.1. The number of hydrogen-bond acceptors (Lipinski definition) is 2. The first-order valence-electron chi connectivity index (χ1n) is 12.8. The Morgan fingerprint density at radius 2 is 1.91 bits per heavy atom. The van der Waals surface area contributed by atoms with E-state index >= 15 is 0 Å². The maximum absolute atomic E-state index is 13.5. The molecule has 35 heavy (non-hydrogen) atoms. The number of aliphatic hydroxyl groups excluding tert-OH is 1. The molecule has 4 aromatic rings. The van der Waals surface area contributed by atoms with Gasteiger partial charge in [-0.15, -0.1) is 0 Å². The quantitative estimate of drug-likeness (QED) is 0.353. The maximum Gasteiger partial charge on any atom is 0.123 e. The van der Waals surface area contributed by atoms with Crippen LogP contribution in [0.4, 0.5) is 4.39 Å². The molecule has 1 heterocycles. The Morgan fingerprint density at radius 3 is 2.69 bits per heavy atom. The Labute approximate surface area is 205 Å². The summed E-state index contributed by atoms with van der Waals surface area (Å²) in [5.74, 6) is 0.218. The van der Waals surface area contributed by atoms with E-state index in [2.05, 4.69) is 54.5 Å². The lowest BCUT2D eigenvalue weighted by Crippen LogP contribution is -2.42. The number of aromatic nitrogens is 2. The average molecular weight is 467 g/mol. The van der Waals surface area contributed by atoms with Gasteiger partial charge in [0.2, 0.25) is 0 Å². The van der Waals surface area contributed by atoms with Gasteiger partial charge in [0.1, 0.15) is 5.82 Å². The number of aryl methyl sites for hydroxylation is 1. The summed E-state index contributed by atoms with van der Waals surface area (Å²) in [4.78, 5) is 0. The fourth-order valence-corrected chi connectivity index (χ4v) is 6.61. The molecule has 0 bridgehead atoms. The first kappa shape index (κ1) is 22.2. The molecule has 0 radical (unpaired) electrons. The molecule has 1 aromatic heterocycles. The molecule has 4 heteroatoms. The van der Waals surface area contributed by atoms with Gasteiger partial charge in [-0.05, 0) is 103 Å². The van der Waals surface area contributed by atoms with E-state index in [1.165, 1.54) is 23.3 Å². The molecule has 2 aliphatic carbocycles. The minimum Gasteiger partial charge on any atom is -0.389 e. The van der Waals surface area contributed by atoms with Gasteiger partial charge in [0, 0.05) is 10.8 Å². The summed E-state index contributed by atoms with van der Waals surface area (Å²) in [7, 11) is 0. The van der Waals surface area contributed by atoms with Crippen molar-refractivity contribution < 1.29 is 9.50 Å². The zero-order valence-corrected chi connectivity index (χ0v) is 20.1. The number of aliphatic hydroxyl groups is 1. The minimum atomic E-state index is -0.383. The lowest BCUT2D eigenvalue weighted by molar-refractivity contribution is 0.0900.